The number of rotatable bonds is 3. The van der Waals surface area contributed by atoms with Crippen molar-refractivity contribution in [2.24, 2.45) is 5.73 Å². The number of aromatic nitrogens is 4. The molecule has 1 aromatic carbocycles. The van der Waals surface area contributed by atoms with Crippen LogP contribution in [0.15, 0.2) is 24.3 Å². The van der Waals surface area contributed by atoms with Gasteiger partial charge in [0.05, 0.1) is 7.11 Å². The summed E-state index contributed by atoms with van der Waals surface area (Å²) < 4.78 is 6.84. The van der Waals surface area contributed by atoms with Crippen molar-refractivity contribution in [1.29, 1.82) is 0 Å². The highest BCUT2D eigenvalue weighted by Crippen LogP contribution is 2.23. The Hall–Kier alpha value is -1.99. The van der Waals surface area contributed by atoms with Gasteiger partial charge in [-0.2, -0.15) is 9.61 Å². The van der Waals surface area contributed by atoms with Crippen LogP contribution in [0.3, 0.4) is 0 Å². The zero-order valence-corrected chi connectivity index (χ0v) is 10.5. The maximum atomic E-state index is 5.57. The summed E-state index contributed by atoms with van der Waals surface area (Å²) in [6.07, 6.45) is 0. The molecule has 0 aliphatic heterocycles. The maximum absolute atomic E-state index is 5.57. The van der Waals surface area contributed by atoms with E-state index in [1.165, 1.54) is 11.3 Å². The fourth-order valence-corrected chi connectivity index (χ4v) is 2.37. The standard InChI is InChI=1S/C11H11N5OS/c1-17-8-4-2-7(3-5-8)10-13-14-11-16(10)15-9(6-12)18-11/h2-5H,6,12H2,1H3. The van der Waals surface area contributed by atoms with Crippen LogP contribution in [0.2, 0.25) is 0 Å². The molecule has 3 rings (SSSR count). The van der Waals surface area contributed by atoms with E-state index < -0.39 is 0 Å². The zero-order valence-electron chi connectivity index (χ0n) is 9.70. The molecule has 0 bridgehead atoms. The average molecular weight is 261 g/mol. The minimum Gasteiger partial charge on any atom is -0.497 e. The summed E-state index contributed by atoms with van der Waals surface area (Å²) in [6, 6.07) is 7.62. The molecule has 0 unspecified atom stereocenters. The van der Waals surface area contributed by atoms with Gasteiger partial charge in [0.1, 0.15) is 10.8 Å². The van der Waals surface area contributed by atoms with Crippen molar-refractivity contribution < 1.29 is 4.74 Å². The predicted molar refractivity (Wildman–Crippen MR) is 68.5 cm³/mol. The van der Waals surface area contributed by atoms with E-state index in [9.17, 15) is 0 Å². The lowest BCUT2D eigenvalue weighted by Crippen LogP contribution is -1.97. The summed E-state index contributed by atoms with van der Waals surface area (Å²) >= 11 is 1.45. The van der Waals surface area contributed by atoms with Gasteiger partial charge >= 0.3 is 0 Å². The molecule has 92 valence electrons. The molecule has 0 saturated heterocycles. The number of hydrogen-bond donors (Lipinski definition) is 1. The van der Waals surface area contributed by atoms with Gasteiger partial charge in [0.25, 0.3) is 0 Å². The molecular weight excluding hydrogens is 250 g/mol. The second kappa shape index (κ2) is 4.35. The van der Waals surface area contributed by atoms with Crippen molar-refractivity contribution in [3.8, 4) is 17.1 Å². The molecule has 0 spiro atoms. The van der Waals surface area contributed by atoms with E-state index in [-0.39, 0.29) is 0 Å². The molecule has 18 heavy (non-hydrogen) atoms. The molecule has 2 aromatic heterocycles. The summed E-state index contributed by atoms with van der Waals surface area (Å²) in [5.74, 6) is 1.52. The third-order valence-electron chi connectivity index (χ3n) is 2.56. The summed E-state index contributed by atoms with van der Waals surface area (Å²) in [7, 11) is 1.64. The van der Waals surface area contributed by atoms with E-state index in [0.717, 1.165) is 21.3 Å². The van der Waals surface area contributed by atoms with Crippen LogP contribution >= 0.6 is 11.3 Å². The second-order valence-electron chi connectivity index (χ2n) is 3.65. The second-order valence-corrected chi connectivity index (χ2v) is 4.69. The molecule has 0 radical (unpaired) electrons. The molecule has 0 fully saturated rings. The number of nitrogens with two attached hydrogens (primary N) is 1. The quantitative estimate of drug-likeness (QED) is 0.769. The van der Waals surface area contributed by atoms with Gasteiger partial charge in [0.15, 0.2) is 5.82 Å². The van der Waals surface area contributed by atoms with Crippen molar-refractivity contribution in [2.45, 2.75) is 6.54 Å². The predicted octanol–water partition coefficient (Wildman–Crippen LogP) is 1.32. The Morgan fingerprint density at radius 3 is 2.72 bits per heavy atom. The lowest BCUT2D eigenvalue weighted by Gasteiger charge is -2.00. The number of fused-ring (bicyclic) bond motifs is 1. The average Bonchev–Trinajstić information content (AvgIpc) is 2.98. The van der Waals surface area contributed by atoms with Gasteiger partial charge in [-0.3, -0.25) is 0 Å². The van der Waals surface area contributed by atoms with E-state index >= 15 is 0 Å². The van der Waals surface area contributed by atoms with Crippen LogP contribution in [0.25, 0.3) is 16.3 Å². The van der Waals surface area contributed by atoms with Crippen molar-refractivity contribution in [2.75, 3.05) is 7.11 Å². The first kappa shape index (κ1) is 11.1. The highest BCUT2D eigenvalue weighted by Gasteiger charge is 2.12. The SMILES string of the molecule is COc1ccc(-c2nnc3sc(CN)nn23)cc1. The van der Waals surface area contributed by atoms with Crippen LogP contribution in [0.5, 0.6) is 5.75 Å². The third-order valence-corrected chi connectivity index (χ3v) is 3.48. The minimum absolute atomic E-state index is 0.413. The van der Waals surface area contributed by atoms with Gasteiger partial charge in [-0.05, 0) is 24.3 Å². The molecule has 3 aromatic rings. The first-order valence-electron chi connectivity index (χ1n) is 5.37. The molecule has 7 heteroatoms. The molecule has 6 nitrogen and oxygen atoms in total. The molecule has 2 N–H and O–H groups in total. The molecule has 0 amide bonds. The molecule has 0 aliphatic carbocycles. The monoisotopic (exact) mass is 261 g/mol. The van der Waals surface area contributed by atoms with Gasteiger partial charge in [0, 0.05) is 12.1 Å². The lowest BCUT2D eigenvalue weighted by molar-refractivity contribution is 0.415. The number of ether oxygens (including phenoxy) is 1. The molecular formula is C11H11N5OS. The summed E-state index contributed by atoms with van der Waals surface area (Å²) in [5.41, 5.74) is 6.51. The minimum atomic E-state index is 0.413. The first-order chi connectivity index (χ1) is 8.81. The van der Waals surface area contributed by atoms with Gasteiger partial charge in [0.2, 0.25) is 4.96 Å². The van der Waals surface area contributed by atoms with Gasteiger partial charge < -0.3 is 10.5 Å². The summed E-state index contributed by atoms with van der Waals surface area (Å²) in [5, 5.41) is 13.4. The highest BCUT2D eigenvalue weighted by atomic mass is 32.1. The Morgan fingerprint density at radius 1 is 1.28 bits per heavy atom. The van der Waals surface area contributed by atoms with Crippen molar-refractivity contribution in [3.63, 3.8) is 0 Å². The third kappa shape index (κ3) is 1.73. The van der Waals surface area contributed by atoms with Crippen molar-refractivity contribution in [1.82, 2.24) is 19.8 Å². The Balaban J connectivity index is 2.09. The molecule has 0 saturated carbocycles. The fourth-order valence-electron chi connectivity index (χ4n) is 1.66. The van der Waals surface area contributed by atoms with Crippen molar-refractivity contribution >= 4 is 16.3 Å². The topological polar surface area (TPSA) is 78.3 Å². The Kier molecular flexibility index (Phi) is 2.69. The summed E-state index contributed by atoms with van der Waals surface area (Å²) in [6.45, 7) is 0.413. The number of benzene rings is 1. The van der Waals surface area contributed by atoms with Crippen LogP contribution in [-0.4, -0.2) is 26.9 Å². The van der Waals surface area contributed by atoms with E-state index in [1.54, 1.807) is 11.6 Å². The van der Waals surface area contributed by atoms with Crippen LogP contribution < -0.4 is 10.5 Å². The van der Waals surface area contributed by atoms with E-state index in [4.69, 9.17) is 10.5 Å². The number of hydrogen-bond acceptors (Lipinski definition) is 6. The smallest absolute Gasteiger partial charge is 0.235 e. The van der Waals surface area contributed by atoms with E-state index in [1.807, 2.05) is 24.3 Å². The van der Waals surface area contributed by atoms with Gasteiger partial charge in [-0.1, -0.05) is 11.3 Å². The number of nitrogens with zero attached hydrogens (tertiary/aromatic N) is 4. The van der Waals surface area contributed by atoms with Crippen LogP contribution in [0.1, 0.15) is 5.01 Å². The van der Waals surface area contributed by atoms with Crippen LogP contribution in [0, 0.1) is 0 Å². The highest BCUT2D eigenvalue weighted by molar-refractivity contribution is 7.16. The number of methoxy groups -OCH3 is 1. The van der Waals surface area contributed by atoms with E-state index in [0.29, 0.717) is 12.4 Å². The molecule has 0 aliphatic rings. The van der Waals surface area contributed by atoms with Crippen molar-refractivity contribution in [3.05, 3.63) is 29.3 Å². The fraction of sp³-hybridized carbons (Fsp3) is 0.182. The van der Waals surface area contributed by atoms with E-state index in [2.05, 4.69) is 15.3 Å². The van der Waals surface area contributed by atoms with Crippen LogP contribution in [0.4, 0.5) is 0 Å². The lowest BCUT2D eigenvalue weighted by atomic mass is 10.2. The Morgan fingerprint density at radius 2 is 2.06 bits per heavy atom. The maximum Gasteiger partial charge on any atom is 0.235 e. The van der Waals surface area contributed by atoms with Crippen LogP contribution in [-0.2, 0) is 6.54 Å². The molecule has 2 heterocycles. The Bertz CT molecular complexity index is 672. The normalized spacial score (nSPS) is 11.0. The zero-order chi connectivity index (χ0) is 12.5. The first-order valence-corrected chi connectivity index (χ1v) is 6.19. The largest absolute Gasteiger partial charge is 0.497 e. The van der Waals surface area contributed by atoms with Gasteiger partial charge in [-0.15, -0.1) is 10.2 Å². The summed E-state index contributed by atoms with van der Waals surface area (Å²) in [4.78, 5) is 0.751. The Labute approximate surface area is 107 Å². The molecule has 0 atom stereocenters. The van der Waals surface area contributed by atoms with Gasteiger partial charge in [-0.25, -0.2) is 0 Å².